The van der Waals surface area contributed by atoms with Gasteiger partial charge in [0, 0.05) is 5.39 Å². The van der Waals surface area contributed by atoms with E-state index in [0.717, 1.165) is 27.4 Å². The van der Waals surface area contributed by atoms with Crippen LogP contribution in [0.25, 0.3) is 11.0 Å². The van der Waals surface area contributed by atoms with Gasteiger partial charge in [-0.25, -0.2) is 0 Å². The fraction of sp³-hybridized carbons (Fsp3) is 0.278. The van der Waals surface area contributed by atoms with Crippen LogP contribution in [0.15, 0.2) is 57.6 Å². The third-order valence-corrected chi connectivity index (χ3v) is 3.77. The first-order valence-corrected chi connectivity index (χ1v) is 7.73. The van der Waals surface area contributed by atoms with Crippen LogP contribution in [-0.4, -0.2) is 19.5 Å². The second-order valence-electron chi connectivity index (χ2n) is 5.87. The molecule has 0 radical (unpaired) electrons. The number of para-hydroxylation sites is 1. The number of rotatable bonds is 6. The number of hydrogen-bond acceptors (Lipinski definition) is 3. The summed E-state index contributed by atoms with van der Waals surface area (Å²) in [5.74, 6) is 1.63. The monoisotopic (exact) mass is 313 g/mol. The Balaban J connectivity index is 1.56. The molecule has 1 unspecified atom stereocenters. The quantitative estimate of drug-likeness (QED) is 0.731. The summed E-state index contributed by atoms with van der Waals surface area (Å²) >= 11 is 0. The Hall–Kier alpha value is -2.53. The highest BCUT2D eigenvalue weighted by Gasteiger charge is 2.17. The third-order valence-electron chi connectivity index (χ3n) is 3.77. The van der Waals surface area contributed by atoms with Crippen molar-refractivity contribution in [1.29, 1.82) is 0 Å². The molecule has 23 heavy (non-hydrogen) atoms. The maximum atomic E-state index is 12.2. The molecule has 5 nitrogen and oxygen atoms in total. The maximum absolute atomic E-state index is 12.2. The van der Waals surface area contributed by atoms with Crippen molar-refractivity contribution in [2.75, 3.05) is 13.6 Å². The summed E-state index contributed by atoms with van der Waals surface area (Å²) in [6.45, 7) is 2.99. The lowest BCUT2D eigenvalue weighted by molar-refractivity contribution is -0.886. The molecule has 0 aliphatic rings. The van der Waals surface area contributed by atoms with Gasteiger partial charge in [-0.15, -0.1) is 0 Å². The van der Waals surface area contributed by atoms with Gasteiger partial charge in [0.15, 0.2) is 12.3 Å². The minimum Gasteiger partial charge on any atom is -0.463 e. The smallest absolute Gasteiger partial charge is 0.275 e. The summed E-state index contributed by atoms with van der Waals surface area (Å²) in [5, 5.41) is 4.03. The molecule has 3 rings (SSSR count). The number of likely N-dealkylation sites (N-methyl/N-ethyl adjacent to an activating group) is 1. The van der Waals surface area contributed by atoms with Crippen LogP contribution in [-0.2, 0) is 11.3 Å². The minimum atomic E-state index is -0.161. The molecule has 0 spiro atoms. The lowest BCUT2D eigenvalue weighted by atomic mass is 10.2. The molecule has 120 valence electrons. The molecule has 0 saturated heterocycles. The van der Waals surface area contributed by atoms with Crippen LogP contribution in [0.3, 0.4) is 0 Å². The summed E-state index contributed by atoms with van der Waals surface area (Å²) in [5.41, 5.74) is 0.837. The van der Waals surface area contributed by atoms with Gasteiger partial charge in [0.2, 0.25) is 0 Å². The second-order valence-corrected chi connectivity index (χ2v) is 5.87. The Morgan fingerprint density at radius 2 is 2.09 bits per heavy atom. The molecule has 0 bridgehead atoms. The standard InChI is InChI=1S/C18H20N2O3/c1-13(17-10-14-6-3-4-8-16(14)23-17)19-18(21)12-20(2)11-15-7-5-9-22-15/h3-10,13H,11-12H2,1-2H3,(H,19,21)/p+1/t13-/m0/s1. The molecule has 5 heteroatoms. The van der Waals surface area contributed by atoms with Crippen molar-refractivity contribution in [2.24, 2.45) is 0 Å². The fourth-order valence-corrected chi connectivity index (χ4v) is 2.63. The molecule has 3 aromatic rings. The van der Waals surface area contributed by atoms with E-state index in [0.29, 0.717) is 13.1 Å². The number of hydrogen-bond donors (Lipinski definition) is 2. The molecule has 2 atom stereocenters. The number of nitrogens with one attached hydrogen (secondary N) is 2. The summed E-state index contributed by atoms with van der Waals surface area (Å²) in [6.07, 6.45) is 1.65. The molecule has 0 fully saturated rings. The van der Waals surface area contributed by atoms with Gasteiger partial charge < -0.3 is 19.1 Å². The average Bonchev–Trinajstić information content (AvgIpc) is 3.15. The number of amides is 1. The molecule has 0 aliphatic heterocycles. The van der Waals surface area contributed by atoms with Crippen LogP contribution in [0.4, 0.5) is 0 Å². The summed E-state index contributed by atoms with van der Waals surface area (Å²) in [7, 11) is 1.97. The van der Waals surface area contributed by atoms with E-state index in [2.05, 4.69) is 5.32 Å². The SMILES string of the molecule is C[C@H](NC(=O)C[NH+](C)Cc1ccco1)c1cc2ccccc2o1. The maximum Gasteiger partial charge on any atom is 0.275 e. The topological polar surface area (TPSA) is 59.8 Å². The lowest BCUT2D eigenvalue weighted by Gasteiger charge is -2.15. The van der Waals surface area contributed by atoms with E-state index in [4.69, 9.17) is 8.83 Å². The number of carbonyl (C=O) groups is 1. The molecule has 1 aromatic carbocycles. The zero-order valence-corrected chi connectivity index (χ0v) is 13.3. The van der Waals surface area contributed by atoms with Crippen LogP contribution in [0, 0.1) is 0 Å². The van der Waals surface area contributed by atoms with E-state index < -0.39 is 0 Å². The molecule has 2 heterocycles. The van der Waals surface area contributed by atoms with E-state index in [1.807, 2.05) is 56.4 Å². The van der Waals surface area contributed by atoms with Crippen molar-refractivity contribution in [2.45, 2.75) is 19.5 Å². The van der Waals surface area contributed by atoms with E-state index in [1.165, 1.54) is 0 Å². The first kappa shape index (κ1) is 15.4. The largest absolute Gasteiger partial charge is 0.463 e. The van der Waals surface area contributed by atoms with E-state index in [1.54, 1.807) is 6.26 Å². The van der Waals surface area contributed by atoms with Crippen molar-refractivity contribution >= 4 is 16.9 Å². The molecular formula is C18H21N2O3+. The number of furan rings is 2. The van der Waals surface area contributed by atoms with Crippen LogP contribution >= 0.6 is 0 Å². The van der Waals surface area contributed by atoms with Gasteiger partial charge in [0.1, 0.15) is 17.9 Å². The van der Waals surface area contributed by atoms with Crippen molar-refractivity contribution < 1.29 is 18.5 Å². The van der Waals surface area contributed by atoms with Crippen LogP contribution in [0.5, 0.6) is 0 Å². The van der Waals surface area contributed by atoms with E-state index >= 15 is 0 Å². The molecule has 1 amide bonds. The molecule has 0 saturated carbocycles. The summed E-state index contributed by atoms with van der Waals surface area (Å²) < 4.78 is 11.1. The molecular weight excluding hydrogens is 292 g/mol. The lowest BCUT2D eigenvalue weighted by Crippen LogP contribution is -3.08. The van der Waals surface area contributed by atoms with Crippen LogP contribution < -0.4 is 10.2 Å². The van der Waals surface area contributed by atoms with E-state index in [-0.39, 0.29) is 11.9 Å². The number of quaternary nitrogens is 1. The van der Waals surface area contributed by atoms with Crippen LogP contribution in [0.1, 0.15) is 24.5 Å². The molecule has 0 aliphatic carbocycles. The Kier molecular flexibility index (Phi) is 4.48. The van der Waals surface area contributed by atoms with Gasteiger partial charge in [-0.3, -0.25) is 4.79 Å². The first-order valence-electron chi connectivity index (χ1n) is 7.73. The highest BCUT2D eigenvalue weighted by Crippen LogP contribution is 2.23. The number of benzene rings is 1. The zero-order valence-electron chi connectivity index (χ0n) is 13.3. The highest BCUT2D eigenvalue weighted by molar-refractivity contribution is 5.79. The Bertz CT molecular complexity index is 744. The van der Waals surface area contributed by atoms with Gasteiger partial charge >= 0.3 is 0 Å². The van der Waals surface area contributed by atoms with E-state index in [9.17, 15) is 4.79 Å². The number of carbonyl (C=O) groups excluding carboxylic acids is 1. The minimum absolute atomic E-state index is 0.0120. The Morgan fingerprint density at radius 1 is 1.26 bits per heavy atom. The third kappa shape index (κ3) is 3.81. The first-order chi connectivity index (χ1) is 11.1. The predicted molar refractivity (Wildman–Crippen MR) is 86.9 cm³/mol. The van der Waals surface area contributed by atoms with Crippen LogP contribution in [0.2, 0.25) is 0 Å². The number of fused-ring (bicyclic) bond motifs is 1. The summed E-state index contributed by atoms with van der Waals surface area (Å²) in [6, 6.07) is 13.4. The normalized spacial score (nSPS) is 13.8. The van der Waals surface area contributed by atoms with Gasteiger partial charge in [0.25, 0.3) is 5.91 Å². The highest BCUT2D eigenvalue weighted by atomic mass is 16.3. The Labute approximate surface area is 134 Å². The molecule has 2 aromatic heterocycles. The van der Waals surface area contributed by atoms with Gasteiger partial charge in [-0.1, -0.05) is 18.2 Å². The Morgan fingerprint density at radius 3 is 2.83 bits per heavy atom. The van der Waals surface area contributed by atoms with Gasteiger partial charge in [-0.05, 0) is 31.2 Å². The summed E-state index contributed by atoms with van der Waals surface area (Å²) in [4.78, 5) is 13.2. The second kappa shape index (κ2) is 6.71. The average molecular weight is 313 g/mol. The molecule has 2 N–H and O–H groups in total. The fourth-order valence-electron chi connectivity index (χ4n) is 2.63. The van der Waals surface area contributed by atoms with Crippen molar-refractivity contribution in [1.82, 2.24) is 5.32 Å². The van der Waals surface area contributed by atoms with Gasteiger partial charge in [0.05, 0.1) is 19.4 Å². The van der Waals surface area contributed by atoms with Crippen molar-refractivity contribution in [3.05, 3.63) is 60.2 Å². The predicted octanol–water partition coefficient (Wildman–Crippen LogP) is 1.92. The zero-order chi connectivity index (χ0) is 16.2. The van der Waals surface area contributed by atoms with Crippen molar-refractivity contribution in [3.8, 4) is 0 Å². The van der Waals surface area contributed by atoms with Gasteiger partial charge in [-0.2, -0.15) is 0 Å². The van der Waals surface area contributed by atoms with Crippen molar-refractivity contribution in [3.63, 3.8) is 0 Å².